The van der Waals surface area contributed by atoms with E-state index in [9.17, 15) is 9.18 Å². The smallest absolute Gasteiger partial charge is 0.257 e. The lowest BCUT2D eigenvalue weighted by Gasteiger charge is -2.33. The molecular weight excluding hydrogens is 277 g/mol. The SMILES string of the molecule is Cc1cccc(C(=O)N2CCOCC2c2ncon2)c1F. The molecule has 7 heteroatoms. The maximum Gasteiger partial charge on any atom is 0.257 e. The molecule has 21 heavy (non-hydrogen) atoms. The first-order valence-electron chi connectivity index (χ1n) is 6.58. The average molecular weight is 291 g/mol. The van der Waals surface area contributed by atoms with E-state index in [-0.39, 0.29) is 12.2 Å². The van der Waals surface area contributed by atoms with Gasteiger partial charge in [0.1, 0.15) is 11.9 Å². The second-order valence-electron chi connectivity index (χ2n) is 4.82. The number of morpholine rings is 1. The summed E-state index contributed by atoms with van der Waals surface area (Å²) in [6, 6.07) is 4.30. The number of halogens is 1. The summed E-state index contributed by atoms with van der Waals surface area (Å²) in [4.78, 5) is 18.1. The summed E-state index contributed by atoms with van der Waals surface area (Å²) in [5.41, 5.74) is 0.482. The average Bonchev–Trinajstić information content (AvgIpc) is 3.03. The lowest BCUT2D eigenvalue weighted by atomic mass is 10.1. The summed E-state index contributed by atoms with van der Waals surface area (Å²) in [5, 5.41) is 3.75. The molecule has 0 aliphatic carbocycles. The lowest BCUT2D eigenvalue weighted by Crippen LogP contribution is -2.44. The Kier molecular flexibility index (Phi) is 3.66. The van der Waals surface area contributed by atoms with E-state index in [4.69, 9.17) is 9.26 Å². The topological polar surface area (TPSA) is 68.5 Å². The molecule has 1 fully saturated rings. The van der Waals surface area contributed by atoms with E-state index in [1.165, 1.54) is 17.4 Å². The van der Waals surface area contributed by atoms with Gasteiger partial charge in [-0.2, -0.15) is 4.98 Å². The molecule has 0 saturated carbocycles. The molecule has 2 heterocycles. The number of amides is 1. The van der Waals surface area contributed by atoms with Crippen LogP contribution < -0.4 is 0 Å². The number of benzene rings is 1. The Balaban J connectivity index is 1.93. The number of hydrogen-bond acceptors (Lipinski definition) is 5. The first-order valence-corrected chi connectivity index (χ1v) is 6.58. The third-order valence-electron chi connectivity index (χ3n) is 3.49. The Morgan fingerprint density at radius 1 is 1.48 bits per heavy atom. The molecular formula is C14H14FN3O3. The van der Waals surface area contributed by atoms with Gasteiger partial charge in [0, 0.05) is 6.54 Å². The minimum atomic E-state index is -0.499. The molecule has 110 valence electrons. The van der Waals surface area contributed by atoms with Gasteiger partial charge in [-0.1, -0.05) is 17.3 Å². The molecule has 2 aromatic rings. The molecule has 1 atom stereocenters. The number of aromatic nitrogens is 2. The zero-order chi connectivity index (χ0) is 14.8. The van der Waals surface area contributed by atoms with E-state index in [0.29, 0.717) is 24.5 Å². The number of carbonyl (C=O) groups is 1. The van der Waals surface area contributed by atoms with E-state index in [1.807, 2.05) is 0 Å². The van der Waals surface area contributed by atoms with Crippen LogP contribution in [0.25, 0.3) is 0 Å². The van der Waals surface area contributed by atoms with Gasteiger partial charge in [-0.25, -0.2) is 4.39 Å². The Hall–Kier alpha value is -2.28. The van der Waals surface area contributed by atoms with Crippen LogP contribution in [0.5, 0.6) is 0 Å². The molecule has 1 aromatic heterocycles. The van der Waals surface area contributed by atoms with Crippen molar-refractivity contribution in [1.82, 2.24) is 15.0 Å². The quantitative estimate of drug-likeness (QED) is 0.843. The van der Waals surface area contributed by atoms with Crippen LogP contribution in [0.1, 0.15) is 27.8 Å². The summed E-state index contributed by atoms with van der Waals surface area (Å²) in [6.45, 7) is 2.64. The van der Waals surface area contributed by atoms with Gasteiger partial charge in [-0.05, 0) is 18.6 Å². The zero-order valence-corrected chi connectivity index (χ0v) is 11.5. The third-order valence-corrected chi connectivity index (χ3v) is 3.49. The van der Waals surface area contributed by atoms with Crippen LogP contribution in [0.15, 0.2) is 29.1 Å². The van der Waals surface area contributed by atoms with Gasteiger partial charge in [0.15, 0.2) is 5.82 Å². The van der Waals surface area contributed by atoms with Gasteiger partial charge in [0.05, 0.1) is 18.8 Å². The highest BCUT2D eigenvalue weighted by Crippen LogP contribution is 2.24. The van der Waals surface area contributed by atoms with Crippen molar-refractivity contribution >= 4 is 5.91 Å². The first kappa shape index (κ1) is 13.7. The Bertz CT molecular complexity index is 645. The summed E-state index contributed by atoms with van der Waals surface area (Å²) >= 11 is 0. The van der Waals surface area contributed by atoms with Crippen molar-refractivity contribution in [2.45, 2.75) is 13.0 Å². The predicted molar refractivity (Wildman–Crippen MR) is 70.0 cm³/mol. The fourth-order valence-corrected chi connectivity index (χ4v) is 2.35. The van der Waals surface area contributed by atoms with Crippen LogP contribution >= 0.6 is 0 Å². The number of rotatable bonds is 2. The van der Waals surface area contributed by atoms with Gasteiger partial charge in [0.2, 0.25) is 6.39 Å². The Morgan fingerprint density at radius 2 is 2.33 bits per heavy atom. The van der Waals surface area contributed by atoms with Gasteiger partial charge >= 0.3 is 0 Å². The largest absolute Gasteiger partial charge is 0.377 e. The molecule has 3 rings (SSSR count). The number of nitrogens with zero attached hydrogens (tertiary/aromatic N) is 3. The second-order valence-corrected chi connectivity index (χ2v) is 4.82. The molecule has 1 amide bonds. The molecule has 0 bridgehead atoms. The lowest BCUT2D eigenvalue weighted by molar-refractivity contribution is -0.00600. The van der Waals surface area contributed by atoms with Gasteiger partial charge in [-0.3, -0.25) is 4.79 Å². The minimum Gasteiger partial charge on any atom is -0.377 e. The van der Waals surface area contributed by atoms with Gasteiger partial charge in [0.25, 0.3) is 5.91 Å². The van der Waals surface area contributed by atoms with Crippen molar-refractivity contribution in [3.05, 3.63) is 47.4 Å². The minimum absolute atomic E-state index is 0.0467. The standard InChI is InChI=1S/C14H14FN3O3/c1-9-3-2-4-10(12(9)15)14(19)18-5-6-20-7-11(18)13-16-8-21-17-13/h2-4,8,11H,5-7H2,1H3. The molecule has 1 aliphatic rings. The van der Waals surface area contributed by atoms with Gasteiger partial charge in [-0.15, -0.1) is 0 Å². The highest BCUT2D eigenvalue weighted by Gasteiger charge is 2.33. The van der Waals surface area contributed by atoms with Crippen LogP contribution in [0.4, 0.5) is 4.39 Å². The fraction of sp³-hybridized carbons (Fsp3) is 0.357. The highest BCUT2D eigenvalue weighted by molar-refractivity contribution is 5.95. The number of hydrogen-bond donors (Lipinski definition) is 0. The van der Waals surface area contributed by atoms with E-state index in [0.717, 1.165) is 0 Å². The van der Waals surface area contributed by atoms with E-state index >= 15 is 0 Å². The molecule has 0 spiro atoms. The Morgan fingerprint density at radius 3 is 3.10 bits per heavy atom. The number of carbonyl (C=O) groups excluding carboxylic acids is 1. The van der Waals surface area contributed by atoms with Crippen molar-refractivity contribution in [2.24, 2.45) is 0 Å². The summed E-state index contributed by atoms with van der Waals surface area (Å²) < 4.78 is 24.2. The van der Waals surface area contributed by atoms with Crippen molar-refractivity contribution in [3.8, 4) is 0 Å². The molecule has 1 saturated heterocycles. The van der Waals surface area contributed by atoms with Crippen molar-refractivity contribution in [1.29, 1.82) is 0 Å². The second kappa shape index (κ2) is 5.61. The number of ether oxygens (including phenoxy) is 1. The summed E-state index contributed by atoms with van der Waals surface area (Å²) in [7, 11) is 0. The fourth-order valence-electron chi connectivity index (χ4n) is 2.35. The Labute approximate surface area is 120 Å². The predicted octanol–water partition coefficient (Wildman–Crippen LogP) is 1.73. The molecule has 1 aromatic carbocycles. The van der Waals surface area contributed by atoms with Crippen LogP contribution in [-0.2, 0) is 4.74 Å². The van der Waals surface area contributed by atoms with E-state index in [1.54, 1.807) is 19.1 Å². The maximum absolute atomic E-state index is 14.1. The van der Waals surface area contributed by atoms with Crippen LogP contribution in [0.3, 0.4) is 0 Å². The highest BCUT2D eigenvalue weighted by atomic mass is 19.1. The van der Waals surface area contributed by atoms with Crippen molar-refractivity contribution in [3.63, 3.8) is 0 Å². The van der Waals surface area contributed by atoms with Crippen molar-refractivity contribution < 1.29 is 18.4 Å². The summed E-state index contributed by atoms with van der Waals surface area (Å²) in [5.74, 6) is -0.536. The van der Waals surface area contributed by atoms with Crippen LogP contribution in [0.2, 0.25) is 0 Å². The molecule has 1 unspecified atom stereocenters. The van der Waals surface area contributed by atoms with Crippen LogP contribution in [0, 0.1) is 12.7 Å². The molecule has 0 radical (unpaired) electrons. The first-order chi connectivity index (χ1) is 10.2. The molecule has 1 aliphatic heterocycles. The van der Waals surface area contributed by atoms with Gasteiger partial charge < -0.3 is 14.2 Å². The van der Waals surface area contributed by atoms with Crippen molar-refractivity contribution in [2.75, 3.05) is 19.8 Å². The normalized spacial score (nSPS) is 18.8. The molecule has 0 N–H and O–H groups in total. The summed E-state index contributed by atoms with van der Waals surface area (Å²) in [6.07, 6.45) is 1.19. The number of aryl methyl sites for hydroxylation is 1. The zero-order valence-electron chi connectivity index (χ0n) is 11.5. The third kappa shape index (κ3) is 2.52. The van der Waals surface area contributed by atoms with E-state index < -0.39 is 17.8 Å². The molecule has 6 nitrogen and oxygen atoms in total. The van der Waals surface area contributed by atoms with E-state index in [2.05, 4.69) is 10.1 Å². The van der Waals surface area contributed by atoms with Crippen LogP contribution in [-0.4, -0.2) is 40.7 Å². The maximum atomic E-state index is 14.1. The monoisotopic (exact) mass is 291 g/mol.